The minimum Gasteiger partial charge on any atom is -0.355 e. The molecule has 0 spiro atoms. The zero-order valence-electron chi connectivity index (χ0n) is 8.30. The van der Waals surface area contributed by atoms with Crippen LogP contribution in [-0.4, -0.2) is 36.0 Å². The number of hydrogen-bond acceptors (Lipinski definition) is 3. The second-order valence-corrected chi connectivity index (χ2v) is 4.88. The first-order chi connectivity index (χ1) is 6.22. The highest BCUT2D eigenvalue weighted by atomic mass is 32.2. The van der Waals surface area contributed by atoms with E-state index in [-0.39, 0.29) is 5.91 Å². The van der Waals surface area contributed by atoms with Gasteiger partial charge in [0.05, 0.1) is 6.54 Å². The molecule has 13 heavy (non-hydrogen) atoms. The first-order valence-corrected chi connectivity index (χ1v) is 5.89. The Morgan fingerprint density at radius 2 is 2.38 bits per heavy atom. The van der Waals surface area contributed by atoms with Gasteiger partial charge in [-0.1, -0.05) is 6.92 Å². The third-order valence-electron chi connectivity index (χ3n) is 2.12. The summed E-state index contributed by atoms with van der Waals surface area (Å²) in [5.41, 5.74) is 0. The van der Waals surface area contributed by atoms with Crippen LogP contribution >= 0.6 is 11.8 Å². The van der Waals surface area contributed by atoms with Crippen LogP contribution in [0.4, 0.5) is 0 Å². The van der Waals surface area contributed by atoms with Crippen LogP contribution in [0, 0.1) is 0 Å². The zero-order chi connectivity index (χ0) is 9.68. The van der Waals surface area contributed by atoms with Crippen molar-refractivity contribution in [1.82, 2.24) is 10.6 Å². The maximum Gasteiger partial charge on any atom is 0.233 e. The number of rotatable bonds is 4. The molecule has 4 heteroatoms. The van der Waals surface area contributed by atoms with Crippen molar-refractivity contribution in [2.45, 2.75) is 31.6 Å². The Balaban J connectivity index is 2.09. The fourth-order valence-corrected chi connectivity index (χ4v) is 2.64. The lowest BCUT2D eigenvalue weighted by atomic mass is 10.2. The maximum atomic E-state index is 11.1. The number of carbonyl (C=O) groups excluding carboxylic acids is 1. The summed E-state index contributed by atoms with van der Waals surface area (Å²) >= 11 is 1.98. The summed E-state index contributed by atoms with van der Waals surface area (Å²) in [5.74, 6) is 1.24. The molecule has 0 aromatic heterocycles. The van der Waals surface area contributed by atoms with Crippen LogP contribution in [0.3, 0.4) is 0 Å². The molecule has 1 saturated heterocycles. The summed E-state index contributed by atoms with van der Waals surface area (Å²) in [5, 5.41) is 6.78. The zero-order valence-corrected chi connectivity index (χ0v) is 9.12. The van der Waals surface area contributed by atoms with Gasteiger partial charge in [0.25, 0.3) is 0 Å². The fraction of sp³-hybridized carbons (Fsp3) is 0.889. The lowest BCUT2D eigenvalue weighted by molar-refractivity contribution is -0.120. The number of likely N-dealkylation sites (N-methyl/N-ethyl adjacent to an activating group) is 1. The topological polar surface area (TPSA) is 41.1 Å². The van der Waals surface area contributed by atoms with E-state index >= 15 is 0 Å². The van der Waals surface area contributed by atoms with Crippen molar-refractivity contribution < 1.29 is 4.79 Å². The van der Waals surface area contributed by atoms with Crippen LogP contribution in [0.15, 0.2) is 0 Å². The molecule has 2 N–H and O–H groups in total. The molecule has 1 aliphatic heterocycles. The van der Waals surface area contributed by atoms with Gasteiger partial charge in [0.2, 0.25) is 5.91 Å². The smallest absolute Gasteiger partial charge is 0.233 e. The Bertz CT molecular complexity index is 175. The van der Waals surface area contributed by atoms with Gasteiger partial charge in [0.15, 0.2) is 0 Å². The Labute approximate surface area is 84.0 Å². The van der Waals surface area contributed by atoms with Gasteiger partial charge in [-0.05, 0) is 13.3 Å². The van der Waals surface area contributed by atoms with E-state index in [1.807, 2.05) is 18.7 Å². The predicted octanol–water partition coefficient (Wildman–Crippen LogP) is 0.606. The predicted molar refractivity (Wildman–Crippen MR) is 57.0 cm³/mol. The molecule has 0 aromatic carbocycles. The van der Waals surface area contributed by atoms with Crippen LogP contribution in [-0.2, 0) is 4.79 Å². The third-order valence-corrected chi connectivity index (χ3v) is 3.48. The largest absolute Gasteiger partial charge is 0.355 e. The second kappa shape index (κ2) is 5.50. The monoisotopic (exact) mass is 202 g/mol. The molecule has 3 nitrogen and oxygen atoms in total. The summed E-state index contributed by atoms with van der Waals surface area (Å²) in [4.78, 5) is 11.1. The molecular weight excluding hydrogens is 184 g/mol. The van der Waals surface area contributed by atoms with Crippen LogP contribution in [0.2, 0.25) is 0 Å². The number of carbonyl (C=O) groups is 1. The van der Waals surface area contributed by atoms with Crippen molar-refractivity contribution in [3.8, 4) is 0 Å². The molecule has 1 fully saturated rings. The van der Waals surface area contributed by atoms with E-state index in [4.69, 9.17) is 0 Å². The molecular formula is C9H18N2OS. The average molecular weight is 202 g/mol. The van der Waals surface area contributed by atoms with Crippen molar-refractivity contribution in [1.29, 1.82) is 0 Å². The molecule has 0 saturated carbocycles. The molecule has 1 heterocycles. The Kier molecular flexibility index (Phi) is 4.59. The Morgan fingerprint density at radius 1 is 1.62 bits per heavy atom. The van der Waals surface area contributed by atoms with E-state index in [1.165, 1.54) is 6.42 Å². The van der Waals surface area contributed by atoms with Crippen LogP contribution in [0.25, 0.3) is 0 Å². The normalized spacial score (nSPS) is 27.5. The van der Waals surface area contributed by atoms with Crippen molar-refractivity contribution >= 4 is 17.7 Å². The van der Waals surface area contributed by atoms with Crippen LogP contribution in [0.5, 0.6) is 0 Å². The van der Waals surface area contributed by atoms with E-state index in [1.54, 1.807) is 0 Å². The average Bonchev–Trinajstić information content (AvgIpc) is 2.49. The van der Waals surface area contributed by atoms with E-state index in [0.29, 0.717) is 12.6 Å². The summed E-state index contributed by atoms with van der Waals surface area (Å²) < 4.78 is 0. The van der Waals surface area contributed by atoms with E-state index < -0.39 is 0 Å². The first-order valence-electron chi connectivity index (χ1n) is 4.84. The summed E-state index contributed by atoms with van der Waals surface area (Å²) in [6.07, 6.45) is 1.18. The van der Waals surface area contributed by atoms with Crippen molar-refractivity contribution in [2.24, 2.45) is 0 Å². The fourth-order valence-electron chi connectivity index (χ4n) is 1.46. The molecule has 1 aliphatic rings. The van der Waals surface area contributed by atoms with Gasteiger partial charge >= 0.3 is 0 Å². The molecule has 1 rings (SSSR count). The Morgan fingerprint density at radius 3 is 2.92 bits per heavy atom. The minimum atomic E-state index is 0.104. The number of hydrogen-bond donors (Lipinski definition) is 2. The van der Waals surface area contributed by atoms with Gasteiger partial charge in [-0.25, -0.2) is 0 Å². The Hall–Kier alpha value is -0.220. The van der Waals surface area contributed by atoms with Gasteiger partial charge in [-0.2, -0.15) is 11.8 Å². The van der Waals surface area contributed by atoms with Gasteiger partial charge in [-0.15, -0.1) is 0 Å². The number of amides is 1. The highest BCUT2D eigenvalue weighted by Crippen LogP contribution is 2.25. The lowest BCUT2D eigenvalue weighted by Gasteiger charge is -2.10. The number of nitrogens with one attached hydrogen (secondary N) is 2. The van der Waals surface area contributed by atoms with Crippen molar-refractivity contribution in [3.05, 3.63) is 0 Å². The van der Waals surface area contributed by atoms with E-state index in [9.17, 15) is 4.79 Å². The van der Waals surface area contributed by atoms with Gasteiger partial charge in [0.1, 0.15) is 0 Å². The van der Waals surface area contributed by atoms with Crippen molar-refractivity contribution in [2.75, 3.05) is 18.8 Å². The second-order valence-electron chi connectivity index (χ2n) is 3.41. The quantitative estimate of drug-likeness (QED) is 0.701. The minimum absolute atomic E-state index is 0.104. The molecule has 0 bridgehead atoms. The van der Waals surface area contributed by atoms with E-state index in [2.05, 4.69) is 17.6 Å². The summed E-state index contributed by atoms with van der Waals surface area (Å²) in [6.45, 7) is 5.35. The first kappa shape index (κ1) is 10.9. The molecule has 1 amide bonds. The molecule has 2 atom stereocenters. The van der Waals surface area contributed by atoms with Crippen LogP contribution in [0.1, 0.15) is 20.3 Å². The highest BCUT2D eigenvalue weighted by Gasteiger charge is 2.21. The lowest BCUT2D eigenvalue weighted by Crippen LogP contribution is -2.39. The SMILES string of the molecule is CCNC(=O)CNC1CSC(C)C1. The highest BCUT2D eigenvalue weighted by molar-refractivity contribution is 8.00. The number of thioether (sulfide) groups is 1. The van der Waals surface area contributed by atoms with Gasteiger partial charge in [-0.3, -0.25) is 4.79 Å². The molecule has 0 aliphatic carbocycles. The maximum absolute atomic E-state index is 11.1. The van der Waals surface area contributed by atoms with Gasteiger partial charge < -0.3 is 10.6 Å². The third kappa shape index (κ3) is 4.00. The summed E-state index contributed by atoms with van der Waals surface area (Å²) in [6, 6.07) is 0.530. The molecule has 0 aromatic rings. The molecule has 2 unspecified atom stereocenters. The van der Waals surface area contributed by atoms with Gasteiger partial charge in [0, 0.05) is 23.6 Å². The van der Waals surface area contributed by atoms with E-state index in [0.717, 1.165) is 17.5 Å². The van der Waals surface area contributed by atoms with Crippen molar-refractivity contribution in [3.63, 3.8) is 0 Å². The van der Waals surface area contributed by atoms with Crippen LogP contribution < -0.4 is 10.6 Å². The molecule has 0 radical (unpaired) electrons. The molecule has 76 valence electrons. The summed E-state index contributed by atoms with van der Waals surface area (Å²) in [7, 11) is 0. The standard InChI is InChI=1S/C9H18N2OS/c1-3-10-9(12)5-11-8-4-7(2)13-6-8/h7-8,11H,3-6H2,1-2H3,(H,10,12).